The second-order valence-corrected chi connectivity index (χ2v) is 5.95. The van der Waals surface area contributed by atoms with Crippen molar-refractivity contribution >= 4 is 11.6 Å². The summed E-state index contributed by atoms with van der Waals surface area (Å²) in [5, 5.41) is 3.98. The first-order valence-electron chi connectivity index (χ1n) is 7.45. The molecule has 21 heavy (non-hydrogen) atoms. The van der Waals surface area contributed by atoms with Crippen molar-refractivity contribution in [2.45, 2.75) is 45.4 Å². The van der Waals surface area contributed by atoms with E-state index in [1.165, 1.54) is 0 Å². The van der Waals surface area contributed by atoms with Gasteiger partial charge in [0.05, 0.1) is 24.3 Å². The lowest BCUT2D eigenvalue weighted by Gasteiger charge is -2.17. The summed E-state index contributed by atoms with van der Waals surface area (Å²) in [6.45, 7) is 6.41. The highest BCUT2D eigenvalue weighted by Gasteiger charge is 2.16. The topological polar surface area (TPSA) is 39.7 Å². The Morgan fingerprint density at radius 1 is 1.43 bits per heavy atom. The Morgan fingerprint density at radius 2 is 2.24 bits per heavy atom. The quantitative estimate of drug-likeness (QED) is 0.837. The standard InChI is InChI=1S/C16H24ClNO3/c1-11(2)21-16-14(17)7-12(8-15(16)19-3)9-18-10-13-5-4-6-20-13/h7-8,11,13,18H,4-6,9-10H2,1-3H3/t13-/m1/s1. The zero-order valence-electron chi connectivity index (χ0n) is 12.9. The van der Waals surface area contributed by atoms with E-state index in [1.54, 1.807) is 7.11 Å². The highest BCUT2D eigenvalue weighted by Crippen LogP contribution is 2.37. The molecular weight excluding hydrogens is 290 g/mol. The van der Waals surface area contributed by atoms with Gasteiger partial charge in [-0.2, -0.15) is 0 Å². The third-order valence-electron chi connectivity index (χ3n) is 3.37. The van der Waals surface area contributed by atoms with Crippen molar-refractivity contribution in [3.8, 4) is 11.5 Å². The molecule has 5 heteroatoms. The molecule has 0 bridgehead atoms. The van der Waals surface area contributed by atoms with Gasteiger partial charge >= 0.3 is 0 Å². The van der Waals surface area contributed by atoms with E-state index in [0.29, 0.717) is 22.6 Å². The lowest BCUT2D eigenvalue weighted by molar-refractivity contribution is 0.110. The van der Waals surface area contributed by atoms with Gasteiger partial charge in [-0.05, 0) is 44.4 Å². The van der Waals surface area contributed by atoms with Crippen LogP contribution in [0.25, 0.3) is 0 Å². The first-order valence-corrected chi connectivity index (χ1v) is 7.83. The highest BCUT2D eigenvalue weighted by molar-refractivity contribution is 6.32. The normalized spacial score (nSPS) is 18.2. The minimum absolute atomic E-state index is 0.0555. The summed E-state index contributed by atoms with van der Waals surface area (Å²) in [5.74, 6) is 1.28. The van der Waals surface area contributed by atoms with E-state index in [4.69, 9.17) is 25.8 Å². The number of ether oxygens (including phenoxy) is 3. The first-order chi connectivity index (χ1) is 10.1. The fourth-order valence-corrected chi connectivity index (χ4v) is 2.69. The summed E-state index contributed by atoms with van der Waals surface area (Å²) in [5.41, 5.74) is 1.07. The molecule has 1 aromatic rings. The smallest absolute Gasteiger partial charge is 0.180 e. The van der Waals surface area contributed by atoms with Crippen LogP contribution in [-0.2, 0) is 11.3 Å². The second kappa shape index (κ2) is 7.87. The van der Waals surface area contributed by atoms with Crippen LogP contribution >= 0.6 is 11.6 Å². The van der Waals surface area contributed by atoms with Crippen molar-refractivity contribution < 1.29 is 14.2 Å². The summed E-state index contributed by atoms with van der Waals surface area (Å²) in [6.07, 6.45) is 2.69. The molecule has 4 nitrogen and oxygen atoms in total. The van der Waals surface area contributed by atoms with Gasteiger partial charge in [0.15, 0.2) is 11.5 Å². The zero-order valence-corrected chi connectivity index (χ0v) is 13.7. The Balaban J connectivity index is 1.97. The fraction of sp³-hybridized carbons (Fsp3) is 0.625. The number of nitrogens with one attached hydrogen (secondary N) is 1. The molecule has 0 unspecified atom stereocenters. The van der Waals surface area contributed by atoms with Crippen LogP contribution < -0.4 is 14.8 Å². The van der Waals surface area contributed by atoms with E-state index in [1.807, 2.05) is 26.0 Å². The molecule has 1 saturated heterocycles. The number of methoxy groups -OCH3 is 1. The number of halogens is 1. The van der Waals surface area contributed by atoms with Gasteiger partial charge in [-0.15, -0.1) is 0 Å². The van der Waals surface area contributed by atoms with E-state index in [-0.39, 0.29) is 6.10 Å². The van der Waals surface area contributed by atoms with Gasteiger partial charge in [-0.3, -0.25) is 0 Å². The van der Waals surface area contributed by atoms with Crippen molar-refractivity contribution in [3.63, 3.8) is 0 Å². The van der Waals surface area contributed by atoms with E-state index >= 15 is 0 Å². The summed E-state index contributed by atoms with van der Waals surface area (Å²) in [6, 6.07) is 3.89. The Bertz CT molecular complexity index is 459. The SMILES string of the molecule is COc1cc(CNC[C@H]2CCCO2)cc(Cl)c1OC(C)C. The minimum Gasteiger partial charge on any atom is -0.493 e. The van der Waals surface area contributed by atoms with Gasteiger partial charge in [0.1, 0.15) is 0 Å². The predicted octanol–water partition coefficient (Wildman–Crippen LogP) is 3.40. The molecule has 1 fully saturated rings. The lowest BCUT2D eigenvalue weighted by atomic mass is 10.2. The van der Waals surface area contributed by atoms with E-state index < -0.39 is 0 Å². The van der Waals surface area contributed by atoms with Crippen LogP contribution in [0.3, 0.4) is 0 Å². The van der Waals surface area contributed by atoms with Crippen LogP contribution in [0.5, 0.6) is 11.5 Å². The zero-order chi connectivity index (χ0) is 15.2. The van der Waals surface area contributed by atoms with Gasteiger partial charge in [0.25, 0.3) is 0 Å². The first kappa shape index (κ1) is 16.4. The van der Waals surface area contributed by atoms with E-state index in [9.17, 15) is 0 Å². The van der Waals surface area contributed by atoms with Crippen molar-refractivity contribution in [1.29, 1.82) is 0 Å². The molecule has 1 aliphatic heterocycles. The monoisotopic (exact) mass is 313 g/mol. The highest BCUT2D eigenvalue weighted by atomic mass is 35.5. The van der Waals surface area contributed by atoms with Gasteiger partial charge in [-0.25, -0.2) is 0 Å². The molecule has 0 amide bonds. The average molecular weight is 314 g/mol. The summed E-state index contributed by atoms with van der Waals surface area (Å²) in [7, 11) is 1.63. The molecule has 2 rings (SSSR count). The van der Waals surface area contributed by atoms with Crippen molar-refractivity contribution in [3.05, 3.63) is 22.7 Å². The molecule has 0 spiro atoms. The van der Waals surface area contributed by atoms with E-state index in [0.717, 1.165) is 38.1 Å². The van der Waals surface area contributed by atoms with Crippen molar-refractivity contribution in [1.82, 2.24) is 5.32 Å². The molecule has 118 valence electrons. The molecule has 1 aromatic carbocycles. The van der Waals surface area contributed by atoms with Crippen LogP contribution in [0.2, 0.25) is 5.02 Å². The molecule has 1 heterocycles. The van der Waals surface area contributed by atoms with E-state index in [2.05, 4.69) is 5.32 Å². The maximum atomic E-state index is 6.31. The maximum absolute atomic E-state index is 6.31. The Kier molecular flexibility index (Phi) is 6.15. The Hall–Kier alpha value is -0.970. The van der Waals surface area contributed by atoms with Gasteiger partial charge in [0.2, 0.25) is 0 Å². The van der Waals surface area contributed by atoms with Gasteiger partial charge in [0, 0.05) is 19.7 Å². The molecule has 0 radical (unpaired) electrons. The molecular formula is C16H24ClNO3. The molecule has 0 aliphatic carbocycles. The summed E-state index contributed by atoms with van der Waals surface area (Å²) >= 11 is 6.31. The third kappa shape index (κ3) is 4.77. The van der Waals surface area contributed by atoms with Gasteiger partial charge in [-0.1, -0.05) is 11.6 Å². The Morgan fingerprint density at radius 3 is 2.86 bits per heavy atom. The molecule has 1 atom stereocenters. The fourth-order valence-electron chi connectivity index (χ4n) is 2.41. The summed E-state index contributed by atoms with van der Waals surface area (Å²) in [4.78, 5) is 0. The second-order valence-electron chi connectivity index (χ2n) is 5.54. The Labute approximate surface area is 131 Å². The van der Waals surface area contributed by atoms with Crippen molar-refractivity contribution in [2.24, 2.45) is 0 Å². The third-order valence-corrected chi connectivity index (χ3v) is 3.65. The molecule has 0 saturated carbocycles. The maximum Gasteiger partial charge on any atom is 0.180 e. The number of benzene rings is 1. The predicted molar refractivity (Wildman–Crippen MR) is 84.4 cm³/mol. The minimum atomic E-state index is 0.0555. The van der Waals surface area contributed by atoms with Gasteiger partial charge < -0.3 is 19.5 Å². The largest absolute Gasteiger partial charge is 0.493 e. The van der Waals surface area contributed by atoms with Crippen LogP contribution in [-0.4, -0.2) is 32.5 Å². The van der Waals surface area contributed by atoms with Crippen LogP contribution in [0.1, 0.15) is 32.3 Å². The summed E-state index contributed by atoms with van der Waals surface area (Å²) < 4.78 is 16.7. The average Bonchev–Trinajstić information content (AvgIpc) is 2.94. The molecule has 1 N–H and O–H groups in total. The lowest BCUT2D eigenvalue weighted by Crippen LogP contribution is -2.25. The number of hydrogen-bond acceptors (Lipinski definition) is 4. The van der Waals surface area contributed by atoms with Crippen LogP contribution in [0.15, 0.2) is 12.1 Å². The van der Waals surface area contributed by atoms with Crippen LogP contribution in [0.4, 0.5) is 0 Å². The van der Waals surface area contributed by atoms with Crippen LogP contribution in [0, 0.1) is 0 Å². The number of hydrogen-bond donors (Lipinski definition) is 1. The number of rotatable bonds is 7. The molecule has 0 aromatic heterocycles. The molecule has 1 aliphatic rings. The van der Waals surface area contributed by atoms with Crippen molar-refractivity contribution in [2.75, 3.05) is 20.3 Å².